The van der Waals surface area contributed by atoms with Gasteiger partial charge in [0.2, 0.25) is 0 Å². The van der Waals surface area contributed by atoms with Crippen LogP contribution in [0, 0.1) is 20.8 Å². The van der Waals surface area contributed by atoms with Crippen LogP contribution in [0.25, 0.3) is 5.69 Å². The third-order valence-electron chi connectivity index (χ3n) is 3.93. The number of halogens is 1. The van der Waals surface area contributed by atoms with E-state index >= 15 is 0 Å². The molecule has 0 aliphatic rings. The van der Waals surface area contributed by atoms with Crippen LogP contribution in [0.15, 0.2) is 22.7 Å². The second-order valence-corrected chi connectivity index (χ2v) is 6.81. The number of aromatic nitrogens is 2. The van der Waals surface area contributed by atoms with Crippen LogP contribution < -0.4 is 5.73 Å². The Balaban J connectivity index is 2.59. The monoisotopic (exact) mass is 335 g/mol. The maximum atomic E-state index is 5.88. The van der Waals surface area contributed by atoms with E-state index in [9.17, 15) is 0 Å². The first-order chi connectivity index (χ1) is 9.27. The normalized spacial score (nSPS) is 11.9. The molecule has 0 bridgehead atoms. The average molecular weight is 336 g/mol. The molecule has 2 N–H and O–H groups in total. The molecule has 20 heavy (non-hydrogen) atoms. The van der Waals surface area contributed by atoms with Crippen LogP contribution in [0.5, 0.6) is 0 Å². The summed E-state index contributed by atoms with van der Waals surface area (Å²) in [6, 6.07) is 6.41. The highest BCUT2D eigenvalue weighted by atomic mass is 79.9. The minimum atomic E-state index is -0.144. The molecule has 0 aliphatic heterocycles. The molecule has 0 unspecified atom stereocenters. The van der Waals surface area contributed by atoms with Crippen molar-refractivity contribution in [3.8, 4) is 5.69 Å². The Morgan fingerprint density at radius 3 is 2.40 bits per heavy atom. The standard InChI is InChI=1S/C16H22BrN3/c1-10-6-7-13(8-11(10)2)20-12(3)14(17)15(19-20)16(4,5)9-18/h6-8H,9,18H2,1-5H3. The van der Waals surface area contributed by atoms with Crippen molar-refractivity contribution in [2.75, 3.05) is 6.54 Å². The van der Waals surface area contributed by atoms with E-state index in [4.69, 9.17) is 10.8 Å². The minimum Gasteiger partial charge on any atom is -0.330 e. The summed E-state index contributed by atoms with van der Waals surface area (Å²) >= 11 is 3.67. The molecular weight excluding hydrogens is 314 g/mol. The topological polar surface area (TPSA) is 43.8 Å². The van der Waals surface area contributed by atoms with Crippen molar-refractivity contribution in [2.45, 2.75) is 40.0 Å². The Morgan fingerprint density at radius 2 is 1.85 bits per heavy atom. The van der Waals surface area contributed by atoms with Gasteiger partial charge in [0.25, 0.3) is 0 Å². The van der Waals surface area contributed by atoms with Gasteiger partial charge in [-0.1, -0.05) is 19.9 Å². The second-order valence-electron chi connectivity index (χ2n) is 6.02. The Morgan fingerprint density at radius 1 is 1.20 bits per heavy atom. The third-order valence-corrected chi connectivity index (χ3v) is 4.88. The Bertz CT molecular complexity index is 641. The van der Waals surface area contributed by atoms with E-state index in [1.54, 1.807) is 0 Å². The van der Waals surface area contributed by atoms with Crippen molar-refractivity contribution in [1.29, 1.82) is 0 Å². The molecule has 0 atom stereocenters. The summed E-state index contributed by atoms with van der Waals surface area (Å²) < 4.78 is 3.04. The number of hydrogen-bond donors (Lipinski definition) is 1. The molecule has 0 saturated carbocycles. The van der Waals surface area contributed by atoms with E-state index in [-0.39, 0.29) is 5.41 Å². The number of aryl methyl sites for hydroxylation is 2. The maximum absolute atomic E-state index is 5.88. The fourth-order valence-electron chi connectivity index (χ4n) is 2.12. The van der Waals surface area contributed by atoms with Crippen molar-refractivity contribution >= 4 is 15.9 Å². The van der Waals surface area contributed by atoms with Crippen LogP contribution in [0.4, 0.5) is 0 Å². The lowest BCUT2D eigenvalue weighted by molar-refractivity contribution is 0.513. The highest BCUT2D eigenvalue weighted by Gasteiger charge is 2.27. The van der Waals surface area contributed by atoms with E-state index in [2.05, 4.69) is 68.7 Å². The zero-order valence-electron chi connectivity index (χ0n) is 12.8. The molecule has 0 fully saturated rings. The van der Waals surface area contributed by atoms with Gasteiger partial charge in [-0.25, -0.2) is 4.68 Å². The van der Waals surface area contributed by atoms with Crippen LogP contribution in [0.1, 0.15) is 36.4 Å². The van der Waals surface area contributed by atoms with Crippen molar-refractivity contribution in [3.63, 3.8) is 0 Å². The predicted octanol–water partition coefficient (Wildman–Crippen LogP) is 3.80. The zero-order valence-corrected chi connectivity index (χ0v) is 14.4. The van der Waals surface area contributed by atoms with Gasteiger partial charge in [0, 0.05) is 12.0 Å². The molecule has 0 amide bonds. The van der Waals surface area contributed by atoms with Gasteiger partial charge in [-0.3, -0.25) is 0 Å². The molecule has 0 spiro atoms. The van der Waals surface area contributed by atoms with Gasteiger partial charge in [-0.15, -0.1) is 0 Å². The molecule has 1 aromatic heterocycles. The Hall–Kier alpha value is -1.13. The summed E-state index contributed by atoms with van der Waals surface area (Å²) in [6.07, 6.45) is 0. The number of benzene rings is 1. The molecule has 1 heterocycles. The lowest BCUT2D eigenvalue weighted by Gasteiger charge is -2.20. The summed E-state index contributed by atoms with van der Waals surface area (Å²) in [5, 5.41) is 4.78. The summed E-state index contributed by atoms with van der Waals surface area (Å²) in [5.74, 6) is 0. The highest BCUT2D eigenvalue weighted by molar-refractivity contribution is 9.10. The van der Waals surface area contributed by atoms with Gasteiger partial charge < -0.3 is 5.73 Å². The summed E-state index contributed by atoms with van der Waals surface area (Å²) in [7, 11) is 0. The van der Waals surface area contributed by atoms with E-state index < -0.39 is 0 Å². The van der Waals surface area contributed by atoms with Gasteiger partial charge in [0.05, 0.1) is 21.5 Å². The van der Waals surface area contributed by atoms with Crippen LogP contribution >= 0.6 is 15.9 Å². The van der Waals surface area contributed by atoms with E-state index in [0.717, 1.165) is 21.5 Å². The van der Waals surface area contributed by atoms with Crippen LogP contribution in [0.2, 0.25) is 0 Å². The molecule has 0 radical (unpaired) electrons. The van der Waals surface area contributed by atoms with Gasteiger partial charge >= 0.3 is 0 Å². The van der Waals surface area contributed by atoms with Crippen molar-refractivity contribution in [3.05, 3.63) is 45.2 Å². The molecule has 0 aliphatic carbocycles. The molecular formula is C16H22BrN3. The van der Waals surface area contributed by atoms with Gasteiger partial charge in [0.15, 0.2) is 0 Å². The first-order valence-electron chi connectivity index (χ1n) is 6.81. The van der Waals surface area contributed by atoms with E-state index in [1.807, 2.05) is 4.68 Å². The van der Waals surface area contributed by atoms with Crippen molar-refractivity contribution in [2.24, 2.45) is 5.73 Å². The molecule has 3 nitrogen and oxygen atoms in total. The van der Waals surface area contributed by atoms with Gasteiger partial charge in [-0.2, -0.15) is 5.10 Å². The molecule has 2 rings (SSSR count). The SMILES string of the molecule is Cc1ccc(-n2nc(C(C)(C)CN)c(Br)c2C)cc1C. The molecule has 0 saturated heterocycles. The molecule has 1 aromatic carbocycles. The lowest BCUT2D eigenvalue weighted by atomic mass is 9.89. The third kappa shape index (κ3) is 2.54. The lowest BCUT2D eigenvalue weighted by Crippen LogP contribution is -2.29. The number of hydrogen-bond acceptors (Lipinski definition) is 2. The minimum absolute atomic E-state index is 0.144. The van der Waals surface area contributed by atoms with Crippen molar-refractivity contribution < 1.29 is 0 Å². The van der Waals surface area contributed by atoms with Gasteiger partial charge in [0.1, 0.15) is 0 Å². The summed E-state index contributed by atoms with van der Waals surface area (Å²) in [4.78, 5) is 0. The average Bonchev–Trinajstić information content (AvgIpc) is 2.70. The number of nitrogens with zero attached hydrogens (tertiary/aromatic N) is 2. The van der Waals surface area contributed by atoms with Crippen LogP contribution in [-0.2, 0) is 5.41 Å². The van der Waals surface area contributed by atoms with Crippen LogP contribution in [-0.4, -0.2) is 16.3 Å². The van der Waals surface area contributed by atoms with E-state index in [1.165, 1.54) is 11.1 Å². The smallest absolute Gasteiger partial charge is 0.0842 e. The predicted molar refractivity (Wildman–Crippen MR) is 87.6 cm³/mol. The van der Waals surface area contributed by atoms with Crippen molar-refractivity contribution in [1.82, 2.24) is 9.78 Å². The van der Waals surface area contributed by atoms with E-state index in [0.29, 0.717) is 6.54 Å². The number of rotatable bonds is 3. The fraction of sp³-hybridized carbons (Fsp3) is 0.438. The zero-order chi connectivity index (χ0) is 15.1. The van der Waals surface area contributed by atoms with Crippen LogP contribution in [0.3, 0.4) is 0 Å². The highest BCUT2D eigenvalue weighted by Crippen LogP contribution is 2.32. The molecule has 108 valence electrons. The molecule has 2 aromatic rings. The summed E-state index contributed by atoms with van der Waals surface area (Å²) in [5.41, 5.74) is 11.5. The first kappa shape index (κ1) is 15.3. The largest absolute Gasteiger partial charge is 0.330 e. The first-order valence-corrected chi connectivity index (χ1v) is 7.60. The fourth-order valence-corrected chi connectivity index (χ4v) is 2.91. The quantitative estimate of drug-likeness (QED) is 0.927. The number of nitrogens with two attached hydrogens (primary N) is 1. The summed E-state index contributed by atoms with van der Waals surface area (Å²) in [6.45, 7) is 11.1. The second kappa shape index (κ2) is 5.34. The van der Waals surface area contributed by atoms with Gasteiger partial charge in [-0.05, 0) is 60.0 Å². The maximum Gasteiger partial charge on any atom is 0.0842 e. The molecule has 4 heteroatoms. The Labute approximate surface area is 129 Å². The Kier molecular flexibility index (Phi) is 4.07.